The Morgan fingerprint density at radius 2 is 1.55 bits per heavy atom. The number of nitrogens with zero attached hydrogens (tertiary/aromatic N) is 2. The quantitative estimate of drug-likeness (QED) is 0.645. The van der Waals surface area contributed by atoms with Gasteiger partial charge in [-0.15, -0.1) is 4.57 Å². The molecule has 0 spiro atoms. The van der Waals surface area contributed by atoms with Crippen LogP contribution in [0.3, 0.4) is 0 Å². The van der Waals surface area contributed by atoms with E-state index in [0.29, 0.717) is 17.9 Å². The van der Waals surface area contributed by atoms with Gasteiger partial charge in [0.15, 0.2) is 6.20 Å². The third kappa shape index (κ3) is 3.57. The van der Waals surface area contributed by atoms with Gasteiger partial charge in [0.25, 0.3) is 5.69 Å². The Morgan fingerprint density at radius 1 is 0.931 bits per heavy atom. The van der Waals surface area contributed by atoms with Crippen molar-refractivity contribution in [3.05, 3.63) is 102 Å². The summed E-state index contributed by atoms with van der Waals surface area (Å²) in [5.41, 5.74) is 1.04. The van der Waals surface area contributed by atoms with Crippen LogP contribution in [0.15, 0.2) is 85.1 Å². The van der Waals surface area contributed by atoms with Crippen molar-refractivity contribution in [3.8, 4) is 0 Å². The number of aromatic nitrogens is 1. The lowest BCUT2D eigenvalue weighted by molar-refractivity contribution is -0.573. The standard InChI is InChI=1S/C24H23N2O3/c1-24(2)26(21(17-29-24)18-11-5-3-6-12-18)23(28)20-15-9-10-16-25(20)22(27)19-13-7-4-8-14-19/h3-16,21H,17H2,1-2H3/q+1/t21-/m1/s1. The van der Waals surface area contributed by atoms with Gasteiger partial charge < -0.3 is 4.74 Å². The lowest BCUT2D eigenvalue weighted by Crippen LogP contribution is -2.53. The molecule has 5 nitrogen and oxygen atoms in total. The van der Waals surface area contributed by atoms with Crippen molar-refractivity contribution in [1.82, 2.24) is 4.90 Å². The van der Waals surface area contributed by atoms with E-state index >= 15 is 0 Å². The molecule has 4 rings (SSSR count). The molecule has 1 aliphatic heterocycles. The minimum absolute atomic E-state index is 0.223. The van der Waals surface area contributed by atoms with Crippen molar-refractivity contribution in [1.29, 1.82) is 0 Å². The van der Waals surface area contributed by atoms with E-state index in [9.17, 15) is 9.59 Å². The Bertz CT molecular complexity index is 1030. The fourth-order valence-electron chi connectivity index (χ4n) is 3.75. The van der Waals surface area contributed by atoms with Gasteiger partial charge in [0.05, 0.1) is 18.2 Å². The second-order valence-corrected chi connectivity index (χ2v) is 7.49. The summed E-state index contributed by atoms with van der Waals surface area (Å²) in [5, 5.41) is 0. The molecule has 5 heteroatoms. The van der Waals surface area contributed by atoms with E-state index < -0.39 is 5.72 Å². The van der Waals surface area contributed by atoms with E-state index in [2.05, 4.69) is 0 Å². The minimum atomic E-state index is -0.791. The Morgan fingerprint density at radius 3 is 2.24 bits per heavy atom. The smallest absolute Gasteiger partial charge is 0.354 e. The Kier molecular flexibility index (Phi) is 4.99. The van der Waals surface area contributed by atoms with Crippen LogP contribution < -0.4 is 4.57 Å². The van der Waals surface area contributed by atoms with E-state index in [1.54, 1.807) is 53.6 Å². The zero-order valence-electron chi connectivity index (χ0n) is 16.5. The van der Waals surface area contributed by atoms with E-state index in [1.807, 2.05) is 50.2 Å². The van der Waals surface area contributed by atoms with E-state index in [-0.39, 0.29) is 17.9 Å². The van der Waals surface area contributed by atoms with Gasteiger partial charge in [-0.2, -0.15) is 0 Å². The molecule has 1 atom stereocenters. The number of carbonyl (C=O) groups is 2. The van der Waals surface area contributed by atoms with Crippen molar-refractivity contribution in [3.63, 3.8) is 0 Å². The molecular weight excluding hydrogens is 364 g/mol. The molecule has 1 fully saturated rings. The first kappa shape index (κ1) is 19.0. The van der Waals surface area contributed by atoms with Crippen LogP contribution in [-0.2, 0) is 4.74 Å². The second kappa shape index (κ2) is 7.60. The molecule has 0 bridgehead atoms. The first-order valence-corrected chi connectivity index (χ1v) is 9.62. The summed E-state index contributed by atoms with van der Waals surface area (Å²) in [4.78, 5) is 28.5. The van der Waals surface area contributed by atoms with Crippen molar-refractivity contribution < 1.29 is 18.9 Å². The molecule has 2 aromatic carbocycles. The zero-order valence-corrected chi connectivity index (χ0v) is 16.5. The highest BCUT2D eigenvalue weighted by molar-refractivity contribution is 5.95. The van der Waals surface area contributed by atoms with Crippen LogP contribution in [0.2, 0.25) is 0 Å². The summed E-state index contributed by atoms with van der Waals surface area (Å²) >= 11 is 0. The maximum absolute atomic E-state index is 13.7. The maximum atomic E-state index is 13.7. The number of hydrogen-bond donors (Lipinski definition) is 0. The number of rotatable bonds is 3. The highest BCUT2D eigenvalue weighted by atomic mass is 16.5. The fraction of sp³-hybridized carbons (Fsp3) is 0.208. The predicted molar refractivity (Wildman–Crippen MR) is 108 cm³/mol. The summed E-state index contributed by atoms with van der Waals surface area (Å²) < 4.78 is 7.37. The molecule has 3 aromatic rings. The van der Waals surface area contributed by atoms with Crippen LogP contribution in [0.4, 0.5) is 0 Å². The molecule has 1 aliphatic rings. The van der Waals surface area contributed by atoms with Gasteiger partial charge >= 0.3 is 11.8 Å². The summed E-state index contributed by atoms with van der Waals surface area (Å²) in [6.07, 6.45) is 1.63. The van der Waals surface area contributed by atoms with Crippen LogP contribution in [-0.4, -0.2) is 29.0 Å². The SMILES string of the molecule is CC1(C)OC[C@H](c2ccccc2)N1C(=O)c1cccc[n+]1C(=O)c1ccccc1. The Balaban J connectivity index is 1.75. The van der Waals surface area contributed by atoms with Crippen LogP contribution in [0.5, 0.6) is 0 Å². The number of carbonyl (C=O) groups excluding carboxylic acids is 2. The molecular formula is C24H23N2O3+. The minimum Gasteiger partial charge on any atom is -0.354 e. The largest absolute Gasteiger partial charge is 0.425 e. The molecule has 1 aromatic heterocycles. The fourth-order valence-corrected chi connectivity index (χ4v) is 3.75. The third-order valence-corrected chi connectivity index (χ3v) is 5.21. The van der Waals surface area contributed by atoms with Crippen LogP contribution in [0.25, 0.3) is 0 Å². The second-order valence-electron chi connectivity index (χ2n) is 7.49. The van der Waals surface area contributed by atoms with Gasteiger partial charge in [-0.1, -0.05) is 48.5 Å². The van der Waals surface area contributed by atoms with Crippen molar-refractivity contribution in [2.24, 2.45) is 0 Å². The highest BCUT2D eigenvalue weighted by Crippen LogP contribution is 2.37. The van der Waals surface area contributed by atoms with E-state index in [4.69, 9.17) is 4.74 Å². The number of pyridine rings is 1. The molecule has 0 unspecified atom stereocenters. The van der Waals surface area contributed by atoms with E-state index in [0.717, 1.165) is 5.56 Å². The average molecular weight is 387 g/mol. The van der Waals surface area contributed by atoms with E-state index in [1.165, 1.54) is 4.57 Å². The van der Waals surface area contributed by atoms with Gasteiger partial charge in [0.2, 0.25) is 0 Å². The van der Waals surface area contributed by atoms with Crippen LogP contribution >= 0.6 is 0 Å². The van der Waals surface area contributed by atoms with Gasteiger partial charge in [-0.3, -0.25) is 9.69 Å². The van der Waals surface area contributed by atoms with Gasteiger partial charge in [0.1, 0.15) is 5.72 Å². The maximum Gasteiger partial charge on any atom is 0.425 e. The normalized spacial score (nSPS) is 17.9. The molecule has 1 amide bonds. The van der Waals surface area contributed by atoms with Crippen molar-refractivity contribution >= 4 is 11.8 Å². The molecule has 0 radical (unpaired) electrons. The molecule has 29 heavy (non-hydrogen) atoms. The summed E-state index contributed by atoms with van der Waals surface area (Å²) in [5.74, 6) is -0.491. The first-order valence-electron chi connectivity index (χ1n) is 9.62. The molecule has 1 saturated heterocycles. The van der Waals surface area contributed by atoms with Gasteiger partial charge in [0, 0.05) is 12.1 Å². The average Bonchev–Trinajstić information content (AvgIpc) is 3.09. The van der Waals surface area contributed by atoms with Gasteiger partial charge in [-0.25, -0.2) is 4.79 Å². The monoisotopic (exact) mass is 387 g/mol. The molecule has 2 heterocycles. The summed E-state index contributed by atoms with van der Waals surface area (Å²) in [7, 11) is 0. The van der Waals surface area contributed by atoms with Crippen LogP contribution in [0, 0.1) is 0 Å². The third-order valence-electron chi connectivity index (χ3n) is 5.21. The lowest BCUT2D eigenvalue weighted by Gasteiger charge is -2.32. The Labute approximate surface area is 170 Å². The lowest BCUT2D eigenvalue weighted by atomic mass is 10.0. The molecule has 0 saturated carbocycles. The number of hydrogen-bond acceptors (Lipinski definition) is 3. The molecule has 0 N–H and O–H groups in total. The zero-order chi connectivity index (χ0) is 20.4. The summed E-state index contributed by atoms with van der Waals surface area (Å²) in [6, 6.07) is 23.7. The van der Waals surface area contributed by atoms with Crippen molar-refractivity contribution in [2.45, 2.75) is 25.6 Å². The highest BCUT2D eigenvalue weighted by Gasteiger charge is 2.47. The number of amides is 1. The summed E-state index contributed by atoms with van der Waals surface area (Å²) in [6.45, 7) is 4.16. The van der Waals surface area contributed by atoms with Gasteiger partial charge in [-0.05, 0) is 37.6 Å². The molecule has 0 aliphatic carbocycles. The number of ether oxygens (including phenoxy) is 1. The predicted octanol–water partition coefficient (Wildman–Crippen LogP) is 3.61. The topological polar surface area (TPSA) is 50.5 Å². The first-order chi connectivity index (χ1) is 14.0. The Hall–Kier alpha value is -3.31. The van der Waals surface area contributed by atoms with Crippen LogP contribution in [0.1, 0.15) is 46.3 Å². The van der Waals surface area contributed by atoms with Crippen molar-refractivity contribution in [2.75, 3.05) is 6.61 Å². The molecule has 146 valence electrons. The number of benzene rings is 2.